The molecule has 4 aromatic heterocycles. The molecule has 0 unspecified atom stereocenters. The molecule has 0 bridgehead atoms. The Morgan fingerprint density at radius 3 is 1.98 bits per heavy atom. The lowest BCUT2D eigenvalue weighted by Gasteiger charge is -2.07. The molecule has 10 aromatic rings. The predicted molar refractivity (Wildman–Crippen MR) is 172 cm³/mol. The minimum atomic E-state index is 0.360. The topological polar surface area (TPSA) is 39.5 Å². The highest BCUT2D eigenvalue weighted by Crippen LogP contribution is 2.46. The van der Waals surface area contributed by atoms with Gasteiger partial charge in [0.15, 0.2) is 0 Å². The van der Waals surface area contributed by atoms with E-state index in [4.69, 9.17) is 16.5 Å². The van der Waals surface area contributed by atoms with Gasteiger partial charge in [-0.3, -0.25) is 4.57 Å². The van der Waals surface area contributed by atoms with Crippen LogP contribution in [0.2, 0.25) is 0 Å². The molecule has 6 aromatic carbocycles. The van der Waals surface area contributed by atoms with Gasteiger partial charge in [0.25, 0.3) is 5.82 Å². The van der Waals surface area contributed by atoms with E-state index in [0.717, 1.165) is 38.1 Å². The van der Waals surface area contributed by atoms with Crippen LogP contribution in [0.1, 0.15) is 0 Å². The molecule has 0 saturated carbocycles. The van der Waals surface area contributed by atoms with E-state index in [1.807, 2.05) is 24.3 Å². The summed E-state index contributed by atoms with van der Waals surface area (Å²) in [6.07, 6.45) is 0. The minimum absolute atomic E-state index is 0.360. The van der Waals surface area contributed by atoms with Crippen LogP contribution in [0.25, 0.3) is 92.4 Å². The number of rotatable bonds is 1. The molecule has 0 atom stereocenters. The fourth-order valence-electron chi connectivity index (χ4n) is 7.13. The van der Waals surface area contributed by atoms with Crippen molar-refractivity contribution < 1.29 is 0 Å². The number of para-hydroxylation sites is 3. The fraction of sp³-hybridized carbons (Fsp3) is 0. The van der Waals surface area contributed by atoms with E-state index < -0.39 is 0 Å². The summed E-state index contributed by atoms with van der Waals surface area (Å²) in [4.78, 5) is 13.8. The van der Waals surface area contributed by atoms with Gasteiger partial charge in [-0.1, -0.05) is 90.4 Å². The molecule has 0 saturated heterocycles. The molecule has 0 radical (unpaired) electrons. The predicted octanol–water partition coefficient (Wildman–Crippen LogP) is 9.58. The number of hydrogen-bond donors (Lipinski definition) is 0. The Balaban J connectivity index is 1.54. The standard InChI is InChI=1S/C37H19N5/c1-38-36-24-13-4-7-15-29(24)39-37(40-36)42-32-19-22-11-3-2-10-21(22)18-26(32)28-20-27-23-12-5-8-16-30(23)41-31-17-9-6-14-25(31)33(34(27)41)35(28)42/h2-20H. The SMILES string of the molecule is [C-]#[N+]c1nc(-n2c3cc4ccccc4cc3c3cc4c5ccccc5n5c6ccccc6c(c32)c45)nc2ccccc12. The Bertz CT molecular complexity index is 2810. The lowest BCUT2D eigenvalue weighted by molar-refractivity contribution is 1.02. The Kier molecular flexibility index (Phi) is 3.94. The van der Waals surface area contributed by atoms with Crippen molar-refractivity contribution in [2.75, 3.05) is 0 Å². The van der Waals surface area contributed by atoms with E-state index >= 15 is 0 Å². The summed E-state index contributed by atoms with van der Waals surface area (Å²) in [6.45, 7) is 7.96. The van der Waals surface area contributed by atoms with Crippen molar-refractivity contribution in [1.82, 2.24) is 18.9 Å². The van der Waals surface area contributed by atoms with Crippen molar-refractivity contribution in [3.8, 4) is 5.95 Å². The third-order valence-corrected chi connectivity index (χ3v) is 8.84. The van der Waals surface area contributed by atoms with Gasteiger partial charge in [-0.2, -0.15) is 4.98 Å². The van der Waals surface area contributed by atoms with Crippen LogP contribution in [0, 0.1) is 6.57 Å². The molecule has 10 rings (SSSR count). The van der Waals surface area contributed by atoms with Gasteiger partial charge in [-0.15, -0.1) is 0 Å². The van der Waals surface area contributed by atoms with Crippen LogP contribution in [0.4, 0.5) is 5.82 Å². The van der Waals surface area contributed by atoms with Crippen LogP contribution in [-0.4, -0.2) is 18.9 Å². The molecule has 0 aliphatic heterocycles. The zero-order valence-corrected chi connectivity index (χ0v) is 22.2. The largest absolute Gasteiger partial charge is 0.360 e. The second kappa shape index (κ2) is 7.60. The number of hydrogen-bond acceptors (Lipinski definition) is 2. The molecular weight excluding hydrogens is 514 g/mol. The van der Waals surface area contributed by atoms with E-state index in [2.05, 4.69) is 105 Å². The molecule has 42 heavy (non-hydrogen) atoms. The van der Waals surface area contributed by atoms with Gasteiger partial charge < -0.3 is 9.25 Å². The van der Waals surface area contributed by atoms with Crippen LogP contribution in [0.15, 0.2) is 115 Å². The average molecular weight is 534 g/mol. The zero-order valence-electron chi connectivity index (χ0n) is 22.2. The normalized spacial score (nSPS) is 12.3. The number of nitrogens with zero attached hydrogens (tertiary/aromatic N) is 5. The first kappa shape index (κ1) is 21.8. The van der Waals surface area contributed by atoms with E-state index in [1.165, 1.54) is 43.5 Å². The molecule has 0 aliphatic rings. The van der Waals surface area contributed by atoms with E-state index in [0.29, 0.717) is 11.8 Å². The number of fused-ring (bicyclic) bond motifs is 12. The van der Waals surface area contributed by atoms with Crippen molar-refractivity contribution >= 4 is 87.4 Å². The van der Waals surface area contributed by atoms with Gasteiger partial charge >= 0.3 is 5.95 Å². The third-order valence-electron chi connectivity index (χ3n) is 8.84. The maximum absolute atomic E-state index is 7.96. The first-order chi connectivity index (χ1) is 20.8. The molecule has 0 spiro atoms. The molecule has 5 nitrogen and oxygen atoms in total. The van der Waals surface area contributed by atoms with E-state index in [9.17, 15) is 0 Å². The molecule has 4 heterocycles. The Morgan fingerprint density at radius 1 is 0.524 bits per heavy atom. The maximum atomic E-state index is 7.96. The summed E-state index contributed by atoms with van der Waals surface area (Å²) < 4.78 is 4.59. The Hall–Kier alpha value is -5.99. The molecule has 5 heteroatoms. The average Bonchev–Trinajstić information content (AvgIpc) is 3.67. The molecular formula is C37H19N5. The summed E-state index contributed by atoms with van der Waals surface area (Å²) in [7, 11) is 0. The lowest BCUT2D eigenvalue weighted by Crippen LogP contribution is -2.01. The molecule has 0 aliphatic carbocycles. The van der Waals surface area contributed by atoms with Crippen molar-refractivity contribution in [2.45, 2.75) is 0 Å². The van der Waals surface area contributed by atoms with Crippen LogP contribution >= 0.6 is 0 Å². The smallest absolute Gasteiger partial charge is 0.332 e. The first-order valence-corrected chi connectivity index (χ1v) is 14.0. The van der Waals surface area contributed by atoms with Crippen molar-refractivity contribution in [3.63, 3.8) is 0 Å². The quantitative estimate of drug-likeness (QED) is 0.197. The van der Waals surface area contributed by atoms with Crippen LogP contribution in [-0.2, 0) is 0 Å². The van der Waals surface area contributed by atoms with Crippen molar-refractivity contribution in [3.05, 3.63) is 127 Å². The van der Waals surface area contributed by atoms with Gasteiger partial charge in [0.1, 0.15) is 0 Å². The van der Waals surface area contributed by atoms with Gasteiger partial charge in [-0.25, -0.2) is 0 Å². The number of benzene rings is 6. The van der Waals surface area contributed by atoms with Gasteiger partial charge in [0.05, 0.1) is 33.1 Å². The van der Waals surface area contributed by atoms with Gasteiger partial charge in [0, 0.05) is 37.7 Å². The highest BCUT2D eigenvalue weighted by molar-refractivity contribution is 6.34. The monoisotopic (exact) mass is 533 g/mol. The second-order valence-electron chi connectivity index (χ2n) is 10.9. The van der Waals surface area contributed by atoms with Gasteiger partial charge in [0.2, 0.25) is 0 Å². The molecule has 0 amide bonds. The summed E-state index contributed by atoms with van der Waals surface area (Å²) in [5.41, 5.74) is 6.42. The van der Waals surface area contributed by atoms with Crippen molar-refractivity contribution in [1.29, 1.82) is 0 Å². The van der Waals surface area contributed by atoms with E-state index in [1.54, 1.807) is 0 Å². The van der Waals surface area contributed by atoms with Crippen LogP contribution in [0.3, 0.4) is 0 Å². The Labute approximate surface area is 238 Å². The van der Waals surface area contributed by atoms with Crippen LogP contribution < -0.4 is 0 Å². The maximum Gasteiger partial charge on any atom is 0.332 e. The van der Waals surface area contributed by atoms with Crippen molar-refractivity contribution in [2.24, 2.45) is 0 Å². The second-order valence-corrected chi connectivity index (χ2v) is 10.9. The molecule has 192 valence electrons. The lowest BCUT2D eigenvalue weighted by atomic mass is 10.0. The zero-order chi connectivity index (χ0) is 27.5. The fourth-order valence-corrected chi connectivity index (χ4v) is 7.13. The summed E-state index contributed by atoms with van der Waals surface area (Å²) in [5, 5.41) is 10.2. The summed E-state index contributed by atoms with van der Waals surface area (Å²) in [6, 6.07) is 40.4. The number of aromatic nitrogens is 4. The van der Waals surface area contributed by atoms with E-state index in [-0.39, 0.29) is 0 Å². The molecule has 0 N–H and O–H groups in total. The minimum Gasteiger partial charge on any atom is -0.360 e. The summed E-state index contributed by atoms with van der Waals surface area (Å²) >= 11 is 0. The summed E-state index contributed by atoms with van der Waals surface area (Å²) in [5.74, 6) is 0.871. The Morgan fingerprint density at radius 2 is 1.17 bits per heavy atom. The molecule has 0 fully saturated rings. The highest BCUT2D eigenvalue weighted by atomic mass is 15.2. The first-order valence-electron chi connectivity index (χ1n) is 14.0. The van der Waals surface area contributed by atoms with Crippen LogP contribution in [0.5, 0.6) is 0 Å². The van der Waals surface area contributed by atoms with Gasteiger partial charge in [-0.05, 0) is 47.2 Å². The highest BCUT2D eigenvalue weighted by Gasteiger charge is 2.26. The third kappa shape index (κ3) is 2.57.